The summed E-state index contributed by atoms with van der Waals surface area (Å²) in [6.07, 6.45) is 27.8. The zero-order chi connectivity index (χ0) is 101. The van der Waals surface area contributed by atoms with E-state index >= 15 is 0 Å². The minimum absolute atomic E-state index is 0.122. The van der Waals surface area contributed by atoms with E-state index in [1.54, 1.807) is 10.3 Å². The summed E-state index contributed by atoms with van der Waals surface area (Å²) >= 11 is 5.79. The molecule has 1 unspecified atom stereocenters. The number of amides is 1. The number of aryl methyl sites for hydroxylation is 8. The molecule has 0 bridgehead atoms. The van der Waals surface area contributed by atoms with Gasteiger partial charge >= 0.3 is 20.3 Å². The molecule has 1 fully saturated rings. The number of nitrogens with two attached hydrogens (primary N) is 1. The van der Waals surface area contributed by atoms with Crippen molar-refractivity contribution < 1.29 is 39.5 Å². The van der Waals surface area contributed by atoms with E-state index in [9.17, 15) is 34.8 Å². The number of carbonyl (C=O) groups excluding carboxylic acids is 2. The summed E-state index contributed by atoms with van der Waals surface area (Å²) in [7, 11) is -0.746. The number of H-pyrrole nitrogens is 7. The number of aromatic hydroxyl groups is 1. The van der Waals surface area contributed by atoms with Crippen LogP contribution >= 0.6 is 56.5 Å². The Bertz CT molecular complexity index is 8490. The molecular formula is C110H113B2I2N23O8S. The molecule has 1 saturated heterocycles. The number of carbonyl (C=O) groups is 2. The molecule has 31 nitrogen and oxygen atoms in total. The number of aromatic nitrogens is 19. The molecule has 20 aromatic rings. The summed E-state index contributed by atoms with van der Waals surface area (Å²) in [6, 6.07) is 32.2. The number of hydrogen-bond acceptors (Lipinski definition) is 24. The number of phenolic OH excluding ortho intramolecular Hbond substituents is 1. The van der Waals surface area contributed by atoms with Crippen molar-refractivity contribution in [3.05, 3.63) is 225 Å². The molecule has 26 rings (SSSR count). The quantitative estimate of drug-likeness (QED) is 0.0290. The number of Topliss-reactive ketones (excluding diaryl/α,β-unsaturated/α-hetero) is 1. The van der Waals surface area contributed by atoms with Gasteiger partial charge in [-0.05, 0) is 367 Å². The number of nitrogens with one attached hydrogen (secondary N) is 7. The lowest BCUT2D eigenvalue weighted by molar-refractivity contribution is 0.0224. The van der Waals surface area contributed by atoms with Crippen LogP contribution in [0.5, 0.6) is 5.75 Å². The van der Waals surface area contributed by atoms with Gasteiger partial charge in [-0.25, -0.2) is 29.7 Å². The Balaban J connectivity index is 0.000000104. The van der Waals surface area contributed by atoms with Gasteiger partial charge in [0.15, 0.2) is 5.78 Å². The first kappa shape index (κ1) is 97.8. The van der Waals surface area contributed by atoms with E-state index in [2.05, 4.69) is 165 Å². The number of halogens is 2. The second-order valence-corrected chi connectivity index (χ2v) is 43.7. The Morgan fingerprint density at radius 1 is 0.486 bits per heavy atom. The topological polar surface area (TPSA) is 445 Å². The number of benzene rings is 7. The Morgan fingerprint density at radius 3 is 1.52 bits per heavy atom. The average molecular weight is 2190 g/mol. The molecule has 1 atom stereocenters. The molecular weight excluding hydrogens is 2080 g/mol. The number of likely N-dealkylation sites (N-methyl/N-ethyl adjacent to an activating group) is 1. The predicted molar refractivity (Wildman–Crippen MR) is 594 cm³/mol. The Labute approximate surface area is 872 Å². The van der Waals surface area contributed by atoms with Crippen LogP contribution in [-0.2, 0) is 75.5 Å². The van der Waals surface area contributed by atoms with E-state index in [1.165, 1.54) is 95.8 Å². The van der Waals surface area contributed by atoms with Crippen molar-refractivity contribution in [1.29, 1.82) is 0 Å². The molecule has 0 saturated carbocycles. The van der Waals surface area contributed by atoms with Crippen molar-refractivity contribution in [2.45, 2.75) is 189 Å². The molecule has 7 aromatic carbocycles. The van der Waals surface area contributed by atoms with E-state index in [4.69, 9.17) is 35.4 Å². The minimum atomic E-state index is -1.48. The predicted octanol–water partition coefficient (Wildman–Crippen LogP) is 18.1. The van der Waals surface area contributed by atoms with E-state index in [-0.39, 0.29) is 23.7 Å². The average Bonchev–Trinajstić information content (AvgIpc) is 1.46. The summed E-state index contributed by atoms with van der Waals surface area (Å²) in [4.78, 5) is 59.1. The first-order valence-corrected chi connectivity index (χ1v) is 53.5. The number of fused-ring (bicyclic) bond motifs is 25. The van der Waals surface area contributed by atoms with Crippen molar-refractivity contribution in [3.63, 3.8) is 0 Å². The second kappa shape index (κ2) is 40.7. The first-order chi connectivity index (χ1) is 70.7. The fourth-order valence-electron chi connectivity index (χ4n) is 22.7. The van der Waals surface area contributed by atoms with Gasteiger partial charge in [-0.15, -0.1) is 11.3 Å². The number of hydrogen-bond donors (Lipinski definition) is 13. The largest absolute Gasteiger partial charge is 0.506 e. The standard InChI is InChI=1S/C27H33N7O.C24H22I2N4O3.C22H22BN3O2.C19H20N6.C18H16BN3O2S/c1-17-20(16-28-30-17)26-19-7-4-3-6-18(19)24-21(29-26)9-10-22-25(24)27(32-31-22)23(35)8-5-11-34-14-12-33(2)13-15-34;1-24(2,3)33-23(32)30-7-6-13-15(11-30)21(12-8-16(25)22(31)17(26)9-12)28-19-5-4-18-14(20(13)19)10-27-29-18;1-2-13-7-8-14(11-18(13)23(27)28)22-16-6-4-3-5-15(16)21-17-12-24-26-19(17)9-10-20(21)25-22;1-9-14(8-21-23-9)19-13-7-11(20)3-4-12(13)18-15(22-19)5-6-16-17(18)10(2)24-25-16;23-19(24)10-7-16(25-9-10)18-12-4-2-1-3-11(12)17-13-8-20-22-14(13)5-6-15(17)21-18/h9-10,16H,3-8,11-15H2,1-2H3,(H,28,30)(H,31,32);4-5,8-10,31H,6-7,11H2,1-3H3,(H,27,29);7-12,27-28H,2-6H2,1H3,(H,24,26);5-6,8,11H,3-4,7,20H2,1-2H3,(H,21,23)(H,24,25);5-9,23-24H,1-4H2,(H,20,22). The smallest absolute Gasteiger partial charge is 0.489 e. The van der Waals surface area contributed by atoms with Gasteiger partial charge in [0.25, 0.3) is 0 Å². The number of ketones is 1. The van der Waals surface area contributed by atoms with E-state index in [0.717, 1.165) is 307 Å². The van der Waals surface area contributed by atoms with Crippen LogP contribution < -0.4 is 16.7 Å². The van der Waals surface area contributed by atoms with Crippen LogP contribution in [0.25, 0.3) is 165 Å². The molecule has 4 aliphatic carbocycles. The second-order valence-electron chi connectivity index (χ2n) is 40.4. The number of nitrogens with zero attached hydrogens (tertiary/aromatic N) is 15. The van der Waals surface area contributed by atoms with Gasteiger partial charge in [-0.3, -0.25) is 40.5 Å². The summed E-state index contributed by atoms with van der Waals surface area (Å²) < 4.78 is 7.17. The molecule has 742 valence electrons. The van der Waals surface area contributed by atoms with Gasteiger partial charge in [0.1, 0.15) is 17.0 Å². The summed E-state index contributed by atoms with van der Waals surface area (Å²) in [5, 5.41) is 113. The summed E-state index contributed by atoms with van der Waals surface area (Å²) in [6.45, 7) is 20.1. The lowest BCUT2D eigenvalue weighted by Crippen LogP contribution is -2.44. The fourth-order valence-corrected chi connectivity index (χ4v) is 25.4. The molecule has 0 radical (unpaired) electrons. The van der Waals surface area contributed by atoms with Crippen LogP contribution in [0.3, 0.4) is 0 Å². The van der Waals surface area contributed by atoms with Gasteiger partial charge < -0.3 is 50.4 Å². The molecule has 15 heterocycles. The SMILES string of the molecule is CC(C)(C)OC(=O)N1CCc2c(c(-c3cc(I)c(O)c(I)c3)nc3ccc4[nH]ncc4c23)C1.CCc1ccc(-c2nc3ccc4[nH]ncc4c3c3c2CCCC3)cc1B(O)O.Cc1[nH]ncc1-c1nc2ccc3[nH]nc(C(=O)CCCN4CCN(C)CC4)c3c2c2c1CCCC2.Cc1[nH]ncc1-c1nc2ccc3n[nH]c(C)c3c2c2c1CC(N)CC2.OB(O)c1csc(-c2nc3ccc4[nH]ncc4c3c3c2CCCC3)c1. The number of ether oxygens (including phenoxy) is 1. The van der Waals surface area contributed by atoms with Crippen LogP contribution in [0.2, 0.25) is 0 Å². The highest BCUT2D eigenvalue weighted by molar-refractivity contribution is 14.1. The van der Waals surface area contributed by atoms with Gasteiger partial charge in [-0.1, -0.05) is 25.1 Å². The molecule has 2 aliphatic heterocycles. The first-order valence-electron chi connectivity index (χ1n) is 50.5. The van der Waals surface area contributed by atoms with Crippen LogP contribution in [0, 0.1) is 27.9 Å². The Hall–Kier alpha value is -12.9. The number of phenols is 1. The number of pyridine rings is 5. The number of rotatable bonds is 13. The van der Waals surface area contributed by atoms with Gasteiger partial charge in [0.2, 0.25) is 0 Å². The van der Waals surface area contributed by atoms with Crippen LogP contribution in [0.1, 0.15) is 174 Å². The van der Waals surface area contributed by atoms with Crippen molar-refractivity contribution in [2.75, 3.05) is 46.3 Å². The summed E-state index contributed by atoms with van der Waals surface area (Å²) in [5.74, 6) is 0.391. The Morgan fingerprint density at radius 2 is 0.973 bits per heavy atom. The highest BCUT2D eigenvalue weighted by Gasteiger charge is 2.35. The molecule has 146 heavy (non-hydrogen) atoms. The van der Waals surface area contributed by atoms with Crippen LogP contribution in [-0.4, -0.2) is 220 Å². The lowest BCUT2D eigenvalue weighted by Gasteiger charge is -2.32. The number of aromatic amines is 7. The highest BCUT2D eigenvalue weighted by Crippen LogP contribution is 2.47. The third-order valence-corrected chi connectivity index (χ3v) is 32.5. The minimum Gasteiger partial charge on any atom is -0.506 e. The zero-order valence-corrected chi connectivity index (χ0v) is 87.9. The van der Waals surface area contributed by atoms with E-state index in [1.807, 2.05) is 145 Å². The van der Waals surface area contributed by atoms with Gasteiger partial charge in [0, 0.05) is 144 Å². The maximum Gasteiger partial charge on any atom is 0.489 e. The maximum absolute atomic E-state index is 13.4. The van der Waals surface area contributed by atoms with E-state index < -0.39 is 19.8 Å². The molecule has 0 spiro atoms. The lowest BCUT2D eigenvalue weighted by atomic mass is 9.75. The molecule has 14 N–H and O–H groups in total. The van der Waals surface area contributed by atoms with Crippen molar-refractivity contribution in [2.24, 2.45) is 5.73 Å². The normalized spacial score (nSPS) is 15.4. The zero-order valence-electron chi connectivity index (χ0n) is 82.7. The monoisotopic (exact) mass is 2190 g/mol. The van der Waals surface area contributed by atoms with Crippen LogP contribution in [0.15, 0.2) is 133 Å². The van der Waals surface area contributed by atoms with Crippen molar-refractivity contribution in [3.8, 4) is 61.4 Å². The van der Waals surface area contributed by atoms with Gasteiger partial charge in [-0.2, -0.15) is 35.7 Å². The van der Waals surface area contributed by atoms with Crippen molar-refractivity contribution in [1.82, 2.24) is 111 Å². The highest BCUT2D eigenvalue weighted by atomic mass is 127. The molecule has 36 heteroatoms. The number of thiophene rings is 1. The maximum atomic E-state index is 13.4. The molecule has 1 amide bonds. The van der Waals surface area contributed by atoms with Crippen molar-refractivity contribution >= 4 is 203 Å². The molecule has 6 aliphatic rings. The van der Waals surface area contributed by atoms with Gasteiger partial charge in [0.05, 0.1) is 133 Å². The van der Waals surface area contributed by atoms with Crippen LogP contribution in [0.4, 0.5) is 4.79 Å². The van der Waals surface area contributed by atoms with E-state index in [0.29, 0.717) is 42.6 Å². The third-order valence-electron chi connectivity index (χ3n) is 29.9. The fraction of sp³-hybridized carbons (Fsp3) is 0.327. The number of piperazine rings is 1. The molecule has 13 aromatic heterocycles. The third kappa shape index (κ3) is 18.7. The summed E-state index contributed by atoms with van der Waals surface area (Å²) in [5.41, 5.74) is 42.9. The Kier molecular flexibility index (Phi) is 27.3.